The van der Waals surface area contributed by atoms with Crippen LogP contribution < -0.4 is 30.9 Å². The number of likely N-dealkylation sites (N-methyl/N-ethyl adjacent to an activating group) is 3. The van der Waals surface area contributed by atoms with Crippen molar-refractivity contribution < 1.29 is 4.74 Å². The van der Waals surface area contributed by atoms with Crippen molar-refractivity contribution in [1.82, 2.24) is 9.88 Å². The van der Waals surface area contributed by atoms with Crippen LogP contribution >= 0.6 is 0 Å². The molecule has 0 atom stereocenters. The molecule has 9 heteroatoms. The zero-order chi connectivity index (χ0) is 28.8. The normalized spacial score (nSPS) is 13.6. The van der Waals surface area contributed by atoms with Gasteiger partial charge in [0.15, 0.2) is 0 Å². The summed E-state index contributed by atoms with van der Waals surface area (Å²) in [4.78, 5) is 9.45. The van der Waals surface area contributed by atoms with Crippen LogP contribution in [0.4, 0.5) is 22.7 Å². The number of nitrogens with two attached hydrogens (primary N) is 1. The van der Waals surface area contributed by atoms with Crippen molar-refractivity contribution >= 4 is 45.2 Å². The maximum atomic E-state index is 10.1. The first-order valence-electron chi connectivity index (χ1n) is 13.6. The number of hydrogen-bond donors (Lipinski definition) is 3. The molecule has 3 aromatic rings. The summed E-state index contributed by atoms with van der Waals surface area (Å²) in [6.07, 6.45) is 5.21. The molecule has 0 saturated carbocycles. The first kappa shape index (κ1) is 28.6. The molecule has 4 N–H and O–H groups in total. The van der Waals surface area contributed by atoms with Gasteiger partial charge < -0.3 is 35.5 Å². The predicted octanol–water partition coefficient (Wildman–Crippen LogP) is 5.07. The number of benzene rings is 2. The molecular formula is C31H40N8O. The molecule has 1 aromatic heterocycles. The van der Waals surface area contributed by atoms with Gasteiger partial charge in [-0.15, -0.1) is 0 Å². The van der Waals surface area contributed by atoms with E-state index in [9.17, 15) is 5.26 Å². The summed E-state index contributed by atoms with van der Waals surface area (Å²) in [5, 5.41) is 17.8. The van der Waals surface area contributed by atoms with Crippen LogP contribution in [0.25, 0.3) is 16.6 Å². The maximum absolute atomic E-state index is 10.1. The fourth-order valence-electron chi connectivity index (χ4n) is 5.11. The van der Waals surface area contributed by atoms with Gasteiger partial charge in [0.05, 0.1) is 46.6 Å². The van der Waals surface area contributed by atoms with Crippen molar-refractivity contribution in [2.24, 2.45) is 4.99 Å². The first-order valence-corrected chi connectivity index (χ1v) is 13.6. The van der Waals surface area contributed by atoms with E-state index in [1.807, 2.05) is 26.2 Å². The Labute approximate surface area is 237 Å². The van der Waals surface area contributed by atoms with Gasteiger partial charge in [0.1, 0.15) is 17.7 Å². The average Bonchev–Trinajstić information content (AvgIpc) is 3.33. The summed E-state index contributed by atoms with van der Waals surface area (Å²) in [5.41, 5.74) is 13.0. The van der Waals surface area contributed by atoms with E-state index in [0.29, 0.717) is 35.0 Å². The smallest absolute Gasteiger partial charge is 0.144 e. The molecule has 0 saturated heterocycles. The molecule has 1 aliphatic rings. The molecular weight excluding hydrogens is 500 g/mol. The number of nitriles is 1. The molecule has 0 spiro atoms. The minimum absolute atomic E-state index is 0.417. The van der Waals surface area contributed by atoms with Gasteiger partial charge in [-0.3, -0.25) is 0 Å². The Hall–Kier alpha value is -4.42. The van der Waals surface area contributed by atoms with Gasteiger partial charge in [0, 0.05) is 69.9 Å². The van der Waals surface area contributed by atoms with E-state index in [4.69, 9.17) is 15.5 Å². The van der Waals surface area contributed by atoms with Gasteiger partial charge in [-0.2, -0.15) is 5.26 Å². The molecule has 0 aliphatic carbocycles. The van der Waals surface area contributed by atoms with Crippen LogP contribution in [0.2, 0.25) is 0 Å². The average molecular weight is 541 g/mol. The summed E-state index contributed by atoms with van der Waals surface area (Å²) in [6.45, 7) is 9.43. The monoisotopic (exact) mass is 540 g/mol. The van der Waals surface area contributed by atoms with Gasteiger partial charge in [-0.1, -0.05) is 25.6 Å². The highest BCUT2D eigenvalue weighted by molar-refractivity contribution is 6.05. The molecule has 0 bridgehead atoms. The number of rotatable bonds is 11. The number of para-hydroxylation sites is 1. The molecule has 0 fully saturated rings. The van der Waals surface area contributed by atoms with E-state index in [-0.39, 0.29) is 0 Å². The predicted molar refractivity (Wildman–Crippen MR) is 169 cm³/mol. The standard InChI is InChI=1S/C31H40N8O/c1-7-10-29(35-25-17-24(33)27(18-28(25)40-6)37(4)14-13-34-3)36-30(21(8-2)19-32)23-20-39-16-15-38(5)26-12-9-11-22(23)31(26)39/h8-9,11-12,17-18,20,34H,2,7,10,13-16,33H2,1,3-6H3,(H,35,36)/b30-21+. The van der Waals surface area contributed by atoms with Crippen molar-refractivity contribution in [3.63, 3.8) is 0 Å². The minimum atomic E-state index is 0.417. The van der Waals surface area contributed by atoms with Crippen LogP contribution in [0.3, 0.4) is 0 Å². The summed E-state index contributed by atoms with van der Waals surface area (Å²) >= 11 is 0. The fourth-order valence-corrected chi connectivity index (χ4v) is 5.11. The van der Waals surface area contributed by atoms with Crippen molar-refractivity contribution in [3.05, 3.63) is 60.3 Å². The summed E-state index contributed by atoms with van der Waals surface area (Å²) in [6, 6.07) is 12.4. The highest BCUT2D eigenvalue weighted by Gasteiger charge is 2.22. The van der Waals surface area contributed by atoms with E-state index in [1.165, 1.54) is 5.69 Å². The summed E-state index contributed by atoms with van der Waals surface area (Å²) in [7, 11) is 7.68. The Bertz CT molecular complexity index is 1490. The number of nitrogens with zero attached hydrogens (tertiary/aromatic N) is 5. The van der Waals surface area contributed by atoms with Gasteiger partial charge in [-0.25, -0.2) is 4.99 Å². The lowest BCUT2D eigenvalue weighted by atomic mass is 10.0. The van der Waals surface area contributed by atoms with Crippen molar-refractivity contribution in [1.29, 1.82) is 5.26 Å². The van der Waals surface area contributed by atoms with Crippen molar-refractivity contribution in [2.75, 3.05) is 68.7 Å². The highest BCUT2D eigenvalue weighted by atomic mass is 16.5. The van der Waals surface area contributed by atoms with Crippen LogP contribution in [0.5, 0.6) is 5.75 Å². The van der Waals surface area contributed by atoms with Gasteiger partial charge in [-0.05, 0) is 31.7 Å². The Balaban J connectivity index is 1.81. The Kier molecular flexibility index (Phi) is 9.02. The van der Waals surface area contributed by atoms with Crippen LogP contribution in [0.1, 0.15) is 25.3 Å². The number of ether oxygens (including phenoxy) is 1. The van der Waals surface area contributed by atoms with E-state index in [0.717, 1.165) is 60.4 Å². The van der Waals surface area contributed by atoms with Gasteiger partial charge in [0.25, 0.3) is 0 Å². The molecule has 0 amide bonds. The SMILES string of the molecule is C=C/C(C#N)=C(\N=C(CCC)Nc1cc(N)c(N(C)CCNC)cc1OC)c1cn2c3c(cccc13)N(C)CC2. The molecule has 9 nitrogen and oxygen atoms in total. The number of anilines is 4. The quantitative estimate of drug-likeness (QED) is 0.102. The zero-order valence-electron chi connectivity index (χ0n) is 24.2. The third kappa shape index (κ3) is 5.63. The molecule has 1 aliphatic heterocycles. The largest absolute Gasteiger partial charge is 0.494 e. The zero-order valence-corrected chi connectivity index (χ0v) is 24.2. The number of hydrogen-bond acceptors (Lipinski definition) is 7. The van der Waals surface area contributed by atoms with Gasteiger partial charge >= 0.3 is 0 Å². The second-order valence-corrected chi connectivity index (χ2v) is 9.98. The van der Waals surface area contributed by atoms with E-state index in [1.54, 1.807) is 13.2 Å². The molecule has 2 heterocycles. The topological polar surface area (TPSA) is 107 Å². The molecule has 4 rings (SSSR count). The molecule has 210 valence electrons. The van der Waals surface area contributed by atoms with E-state index >= 15 is 0 Å². The molecule has 40 heavy (non-hydrogen) atoms. The number of amidine groups is 1. The van der Waals surface area contributed by atoms with Crippen LogP contribution in [-0.2, 0) is 6.54 Å². The van der Waals surface area contributed by atoms with E-state index in [2.05, 4.69) is 76.0 Å². The Morgan fingerprint density at radius 1 is 1.32 bits per heavy atom. The lowest BCUT2D eigenvalue weighted by Crippen LogP contribution is -2.27. The third-order valence-corrected chi connectivity index (χ3v) is 7.27. The van der Waals surface area contributed by atoms with Crippen molar-refractivity contribution in [2.45, 2.75) is 26.3 Å². The summed E-state index contributed by atoms with van der Waals surface area (Å²) in [5.74, 6) is 1.37. The first-order chi connectivity index (χ1) is 19.4. The van der Waals surface area contributed by atoms with Crippen LogP contribution in [0, 0.1) is 11.3 Å². The molecule has 0 unspecified atom stereocenters. The maximum Gasteiger partial charge on any atom is 0.144 e. The van der Waals surface area contributed by atoms with Crippen molar-refractivity contribution in [3.8, 4) is 11.8 Å². The highest BCUT2D eigenvalue weighted by Crippen LogP contribution is 2.38. The lowest BCUT2D eigenvalue weighted by molar-refractivity contribution is 0.417. The Morgan fingerprint density at radius 3 is 2.80 bits per heavy atom. The number of aliphatic imine (C=N–C) groups is 1. The fraction of sp³-hybridized carbons (Fsp3) is 0.355. The molecule has 0 radical (unpaired) electrons. The minimum Gasteiger partial charge on any atom is -0.494 e. The number of aromatic nitrogens is 1. The third-order valence-electron chi connectivity index (χ3n) is 7.27. The second kappa shape index (κ2) is 12.6. The number of nitrogens with one attached hydrogen (secondary N) is 2. The number of methoxy groups -OCH3 is 1. The molecule has 2 aromatic carbocycles. The van der Waals surface area contributed by atoms with Crippen LogP contribution in [-0.4, -0.2) is 58.3 Å². The van der Waals surface area contributed by atoms with Crippen LogP contribution in [0.15, 0.2) is 59.7 Å². The number of nitrogen functional groups attached to an aromatic ring is 1. The Morgan fingerprint density at radius 2 is 2.12 bits per heavy atom. The number of allylic oxidation sites excluding steroid dienone is 2. The van der Waals surface area contributed by atoms with Gasteiger partial charge in [0.2, 0.25) is 0 Å². The lowest BCUT2D eigenvalue weighted by Gasteiger charge is -2.26. The second-order valence-electron chi connectivity index (χ2n) is 9.98. The van der Waals surface area contributed by atoms with E-state index < -0.39 is 0 Å². The summed E-state index contributed by atoms with van der Waals surface area (Å²) < 4.78 is 8.01.